The van der Waals surface area contributed by atoms with E-state index in [1.807, 2.05) is 36.4 Å². The van der Waals surface area contributed by atoms with Crippen molar-refractivity contribution in [1.82, 2.24) is 4.90 Å². The lowest BCUT2D eigenvalue weighted by molar-refractivity contribution is -0.0325. The van der Waals surface area contributed by atoms with Gasteiger partial charge in [0.2, 0.25) is 0 Å². The maximum Gasteiger partial charge on any atom is 0.124 e. The molecule has 0 aromatic heterocycles. The van der Waals surface area contributed by atoms with Crippen LogP contribution in [0.15, 0.2) is 78.9 Å². The van der Waals surface area contributed by atoms with E-state index in [2.05, 4.69) is 47.4 Å². The number of ether oxygens (including phenoxy) is 1. The molecule has 2 aliphatic heterocycles. The fourth-order valence-electron chi connectivity index (χ4n) is 4.68. The first-order valence-corrected chi connectivity index (χ1v) is 10.1. The van der Waals surface area contributed by atoms with Gasteiger partial charge < -0.3 is 9.84 Å². The van der Waals surface area contributed by atoms with Gasteiger partial charge in [-0.05, 0) is 35.6 Å². The summed E-state index contributed by atoms with van der Waals surface area (Å²) in [6.07, 6.45) is 1.47. The molecule has 1 unspecified atom stereocenters. The fourth-order valence-corrected chi connectivity index (χ4v) is 4.68. The predicted octanol–water partition coefficient (Wildman–Crippen LogP) is 4.65. The van der Waals surface area contributed by atoms with Crippen LogP contribution in [0.1, 0.15) is 41.1 Å². The van der Waals surface area contributed by atoms with Gasteiger partial charge in [0.15, 0.2) is 0 Å². The van der Waals surface area contributed by atoms with E-state index in [9.17, 15) is 5.11 Å². The van der Waals surface area contributed by atoms with Crippen molar-refractivity contribution in [1.29, 1.82) is 0 Å². The molecule has 28 heavy (non-hydrogen) atoms. The van der Waals surface area contributed by atoms with Gasteiger partial charge in [0, 0.05) is 18.7 Å². The van der Waals surface area contributed by atoms with E-state index in [-0.39, 0.29) is 6.04 Å². The third kappa shape index (κ3) is 3.01. The minimum absolute atomic E-state index is 0.162. The number of aliphatic hydroxyl groups is 1. The van der Waals surface area contributed by atoms with Crippen LogP contribution < -0.4 is 4.74 Å². The molecule has 0 amide bonds. The van der Waals surface area contributed by atoms with Gasteiger partial charge in [-0.15, -0.1) is 0 Å². The van der Waals surface area contributed by atoms with E-state index in [1.165, 1.54) is 16.7 Å². The molecule has 2 heterocycles. The van der Waals surface area contributed by atoms with E-state index in [0.717, 1.165) is 37.2 Å². The number of fused-ring (bicyclic) bond motifs is 2. The second kappa shape index (κ2) is 7.08. The third-order valence-electron chi connectivity index (χ3n) is 6.25. The Bertz CT molecular complexity index is 914. The van der Waals surface area contributed by atoms with Crippen molar-refractivity contribution in [3.8, 4) is 5.75 Å². The van der Waals surface area contributed by atoms with Crippen molar-refractivity contribution in [3.05, 3.63) is 101 Å². The molecular weight excluding hydrogens is 346 g/mol. The summed E-state index contributed by atoms with van der Waals surface area (Å²) < 4.78 is 6.13. The summed E-state index contributed by atoms with van der Waals surface area (Å²) in [4.78, 5) is 2.50. The Morgan fingerprint density at radius 2 is 1.43 bits per heavy atom. The van der Waals surface area contributed by atoms with Gasteiger partial charge in [0.05, 0.1) is 11.6 Å². The number of para-hydroxylation sites is 1. The van der Waals surface area contributed by atoms with Crippen molar-refractivity contribution in [2.45, 2.75) is 31.1 Å². The van der Waals surface area contributed by atoms with Crippen LogP contribution in [0.25, 0.3) is 0 Å². The molecule has 0 saturated carbocycles. The number of rotatable bonds is 2. The van der Waals surface area contributed by atoms with Crippen LogP contribution in [-0.4, -0.2) is 23.1 Å². The Kier molecular flexibility index (Phi) is 4.42. The lowest BCUT2D eigenvalue weighted by atomic mass is 9.83. The minimum atomic E-state index is -0.738. The molecule has 2 aliphatic rings. The van der Waals surface area contributed by atoms with Gasteiger partial charge in [-0.1, -0.05) is 72.8 Å². The summed E-state index contributed by atoms with van der Waals surface area (Å²) in [6.45, 7) is 2.29. The van der Waals surface area contributed by atoms with Crippen LogP contribution in [0.3, 0.4) is 0 Å². The summed E-state index contributed by atoms with van der Waals surface area (Å²) >= 11 is 0. The molecule has 3 aromatic carbocycles. The van der Waals surface area contributed by atoms with E-state index < -0.39 is 5.60 Å². The van der Waals surface area contributed by atoms with Crippen LogP contribution >= 0.6 is 0 Å². The Balaban J connectivity index is 1.49. The highest BCUT2D eigenvalue weighted by atomic mass is 16.5. The Morgan fingerprint density at radius 1 is 0.786 bits per heavy atom. The Morgan fingerprint density at radius 3 is 2.21 bits per heavy atom. The van der Waals surface area contributed by atoms with E-state index in [4.69, 9.17) is 4.74 Å². The molecular formula is C25H25NO2. The van der Waals surface area contributed by atoms with E-state index >= 15 is 0 Å². The summed E-state index contributed by atoms with van der Waals surface area (Å²) in [5.74, 6) is 0.965. The molecule has 0 radical (unpaired) electrons. The lowest BCUT2D eigenvalue weighted by Gasteiger charge is -2.42. The molecule has 5 rings (SSSR count). The molecule has 0 bridgehead atoms. The number of nitrogens with zero attached hydrogens (tertiary/aromatic N) is 1. The molecule has 1 atom stereocenters. The molecule has 3 nitrogen and oxygen atoms in total. The highest BCUT2D eigenvalue weighted by Crippen LogP contribution is 2.42. The quantitative estimate of drug-likeness (QED) is 0.712. The minimum Gasteiger partial charge on any atom is -0.489 e. The number of hydrogen-bond donors (Lipinski definition) is 1. The SMILES string of the molecule is OC1(c2ccccc2)CCN(C2c3ccccc3COc3ccccc32)CC1. The van der Waals surface area contributed by atoms with Crippen LogP contribution in [-0.2, 0) is 12.2 Å². The van der Waals surface area contributed by atoms with Gasteiger partial charge in [-0.25, -0.2) is 0 Å². The first-order chi connectivity index (χ1) is 13.7. The smallest absolute Gasteiger partial charge is 0.124 e. The summed E-state index contributed by atoms with van der Waals surface area (Å²) in [7, 11) is 0. The average Bonchev–Trinajstić information content (AvgIpc) is 2.92. The highest BCUT2D eigenvalue weighted by molar-refractivity contribution is 5.46. The molecule has 1 fully saturated rings. The van der Waals surface area contributed by atoms with Crippen molar-refractivity contribution < 1.29 is 9.84 Å². The van der Waals surface area contributed by atoms with Gasteiger partial charge in [0.25, 0.3) is 0 Å². The second-order valence-corrected chi connectivity index (χ2v) is 7.86. The number of hydrogen-bond acceptors (Lipinski definition) is 3. The van der Waals surface area contributed by atoms with Crippen molar-refractivity contribution in [2.24, 2.45) is 0 Å². The van der Waals surface area contributed by atoms with E-state index in [1.54, 1.807) is 0 Å². The molecule has 142 valence electrons. The maximum atomic E-state index is 11.3. The fraction of sp³-hybridized carbons (Fsp3) is 0.280. The van der Waals surface area contributed by atoms with Crippen molar-refractivity contribution >= 4 is 0 Å². The highest BCUT2D eigenvalue weighted by Gasteiger charge is 2.38. The standard InChI is InChI=1S/C25H25NO2/c27-25(20-9-2-1-3-10-20)14-16-26(17-15-25)24-21-11-5-4-8-19(21)18-28-23-13-7-6-12-22(23)24/h1-13,24,27H,14-18H2. The first kappa shape index (κ1) is 17.5. The largest absolute Gasteiger partial charge is 0.489 e. The van der Waals surface area contributed by atoms with Crippen LogP contribution in [0.2, 0.25) is 0 Å². The molecule has 0 aliphatic carbocycles. The van der Waals surface area contributed by atoms with Crippen LogP contribution in [0, 0.1) is 0 Å². The van der Waals surface area contributed by atoms with Gasteiger partial charge in [-0.2, -0.15) is 0 Å². The number of piperidine rings is 1. The predicted molar refractivity (Wildman–Crippen MR) is 110 cm³/mol. The topological polar surface area (TPSA) is 32.7 Å². The van der Waals surface area contributed by atoms with Crippen LogP contribution in [0.4, 0.5) is 0 Å². The molecule has 0 spiro atoms. The zero-order chi connectivity index (χ0) is 19.0. The number of likely N-dealkylation sites (tertiary alicyclic amines) is 1. The Hall–Kier alpha value is -2.62. The Labute approximate surface area is 166 Å². The summed E-state index contributed by atoms with van der Waals surface area (Å²) in [5.41, 5.74) is 4.07. The third-order valence-corrected chi connectivity index (χ3v) is 6.25. The lowest BCUT2D eigenvalue weighted by Crippen LogP contribution is -2.44. The molecule has 1 saturated heterocycles. The van der Waals surface area contributed by atoms with Crippen molar-refractivity contribution in [2.75, 3.05) is 13.1 Å². The van der Waals surface area contributed by atoms with Gasteiger partial charge in [-0.3, -0.25) is 4.90 Å². The van der Waals surface area contributed by atoms with Crippen LogP contribution in [0.5, 0.6) is 5.75 Å². The monoisotopic (exact) mass is 371 g/mol. The average molecular weight is 371 g/mol. The zero-order valence-corrected chi connectivity index (χ0v) is 15.9. The number of benzene rings is 3. The normalized spacial score (nSPS) is 21.1. The zero-order valence-electron chi connectivity index (χ0n) is 15.9. The van der Waals surface area contributed by atoms with Crippen molar-refractivity contribution in [3.63, 3.8) is 0 Å². The van der Waals surface area contributed by atoms with Gasteiger partial charge in [0.1, 0.15) is 12.4 Å². The first-order valence-electron chi connectivity index (χ1n) is 10.1. The maximum absolute atomic E-state index is 11.3. The van der Waals surface area contributed by atoms with Gasteiger partial charge >= 0.3 is 0 Å². The molecule has 1 N–H and O–H groups in total. The molecule has 3 aromatic rings. The van der Waals surface area contributed by atoms with E-state index in [0.29, 0.717) is 6.61 Å². The molecule has 3 heteroatoms. The second-order valence-electron chi connectivity index (χ2n) is 7.86. The summed E-state index contributed by atoms with van der Waals surface area (Å²) in [6, 6.07) is 27.2. The summed E-state index contributed by atoms with van der Waals surface area (Å²) in [5, 5.41) is 11.3.